The van der Waals surface area contributed by atoms with E-state index < -0.39 is 0 Å². The average molecular weight is 387 g/mol. The van der Waals surface area contributed by atoms with Crippen LogP contribution >= 0.6 is 23.4 Å². The summed E-state index contributed by atoms with van der Waals surface area (Å²) in [4.78, 5) is 4.34. The van der Waals surface area contributed by atoms with Crippen LogP contribution in [0.2, 0.25) is 5.02 Å². The number of aromatic nitrogens is 4. The van der Waals surface area contributed by atoms with Gasteiger partial charge in [0.1, 0.15) is 12.4 Å². The van der Waals surface area contributed by atoms with Crippen molar-refractivity contribution < 1.29 is 4.74 Å². The van der Waals surface area contributed by atoms with Crippen molar-refractivity contribution in [1.29, 1.82) is 0 Å². The molecule has 0 saturated carbocycles. The highest BCUT2D eigenvalue weighted by atomic mass is 35.5. The molecule has 0 aliphatic carbocycles. The van der Waals surface area contributed by atoms with Crippen molar-refractivity contribution in [3.63, 3.8) is 0 Å². The molecule has 0 aliphatic rings. The fourth-order valence-corrected chi connectivity index (χ4v) is 3.37. The van der Waals surface area contributed by atoms with Crippen molar-refractivity contribution in [2.75, 3.05) is 5.75 Å². The number of allylic oxidation sites excluding steroid dienone is 1. The maximum atomic E-state index is 5.89. The van der Waals surface area contributed by atoms with Gasteiger partial charge in [-0.2, -0.15) is 0 Å². The number of benzene rings is 1. The summed E-state index contributed by atoms with van der Waals surface area (Å²) in [7, 11) is 0. The topological polar surface area (TPSA) is 52.8 Å². The number of ether oxygens (including phenoxy) is 1. The van der Waals surface area contributed by atoms with Crippen molar-refractivity contribution in [1.82, 2.24) is 19.7 Å². The molecule has 0 radical (unpaired) electrons. The molecule has 0 spiro atoms. The Labute approximate surface area is 162 Å². The van der Waals surface area contributed by atoms with E-state index in [0.717, 1.165) is 34.6 Å². The molecule has 2 heterocycles. The number of thioether (sulfide) groups is 1. The SMILES string of the molecule is C=CCn1c(COc2ccc(Cl)cc2)nnc1SCCc1ccccn1. The summed E-state index contributed by atoms with van der Waals surface area (Å²) in [6, 6.07) is 13.2. The Hall–Kier alpha value is -2.31. The number of aryl methyl sites for hydroxylation is 1. The lowest BCUT2D eigenvalue weighted by Crippen LogP contribution is -2.07. The first-order valence-electron chi connectivity index (χ1n) is 8.20. The summed E-state index contributed by atoms with van der Waals surface area (Å²) < 4.78 is 7.81. The molecule has 0 N–H and O–H groups in total. The zero-order valence-corrected chi connectivity index (χ0v) is 15.8. The van der Waals surface area contributed by atoms with Gasteiger partial charge < -0.3 is 4.74 Å². The summed E-state index contributed by atoms with van der Waals surface area (Å²) in [5, 5.41) is 10.1. The van der Waals surface area contributed by atoms with E-state index in [9.17, 15) is 0 Å². The summed E-state index contributed by atoms with van der Waals surface area (Å²) in [6.45, 7) is 4.80. The Bertz CT molecular complexity index is 837. The molecule has 26 heavy (non-hydrogen) atoms. The molecule has 2 aromatic heterocycles. The molecule has 7 heteroatoms. The Morgan fingerprint density at radius 2 is 2.00 bits per heavy atom. The first-order chi connectivity index (χ1) is 12.8. The quantitative estimate of drug-likeness (QED) is 0.402. The first kappa shape index (κ1) is 18.5. The van der Waals surface area contributed by atoms with Crippen LogP contribution in [-0.2, 0) is 19.6 Å². The second kappa shape index (κ2) is 9.40. The molecule has 0 bridgehead atoms. The summed E-state index contributed by atoms with van der Waals surface area (Å²) in [5.74, 6) is 2.39. The van der Waals surface area contributed by atoms with E-state index in [-0.39, 0.29) is 0 Å². The number of hydrogen-bond acceptors (Lipinski definition) is 5. The van der Waals surface area contributed by atoms with Gasteiger partial charge in [0.2, 0.25) is 0 Å². The average Bonchev–Trinajstić information content (AvgIpc) is 3.04. The third kappa shape index (κ3) is 5.09. The predicted molar refractivity (Wildman–Crippen MR) is 105 cm³/mol. The van der Waals surface area contributed by atoms with Crippen LogP contribution in [0.5, 0.6) is 5.75 Å². The van der Waals surface area contributed by atoms with Gasteiger partial charge in [-0.3, -0.25) is 9.55 Å². The molecular formula is C19H19ClN4OS. The second-order valence-corrected chi connectivity index (χ2v) is 6.96. The summed E-state index contributed by atoms with van der Waals surface area (Å²) in [6.07, 6.45) is 4.52. The first-order valence-corrected chi connectivity index (χ1v) is 9.56. The van der Waals surface area contributed by atoms with Gasteiger partial charge >= 0.3 is 0 Å². The maximum Gasteiger partial charge on any atom is 0.191 e. The van der Waals surface area contributed by atoms with Crippen LogP contribution in [0, 0.1) is 0 Å². The van der Waals surface area contributed by atoms with Gasteiger partial charge in [0.15, 0.2) is 11.0 Å². The molecule has 0 atom stereocenters. The zero-order valence-electron chi connectivity index (χ0n) is 14.2. The third-order valence-corrected chi connectivity index (χ3v) is 4.82. The van der Waals surface area contributed by atoms with Gasteiger partial charge in [0.05, 0.1) is 0 Å². The molecule has 1 aromatic carbocycles. The number of nitrogens with zero attached hydrogens (tertiary/aromatic N) is 4. The fourth-order valence-electron chi connectivity index (χ4n) is 2.32. The minimum absolute atomic E-state index is 0.337. The minimum Gasteiger partial charge on any atom is -0.486 e. The maximum absolute atomic E-state index is 5.89. The van der Waals surface area contributed by atoms with Crippen LogP contribution in [0.3, 0.4) is 0 Å². The normalized spacial score (nSPS) is 10.7. The molecule has 0 aliphatic heterocycles. The standard InChI is InChI=1S/C19H19ClN4OS/c1-2-12-24-18(14-25-17-8-6-15(20)7-9-17)22-23-19(24)26-13-10-16-5-3-4-11-21-16/h2-9,11H,1,10,12-14H2. The van der Waals surface area contributed by atoms with Crippen molar-refractivity contribution in [3.8, 4) is 5.75 Å². The van der Waals surface area contributed by atoms with E-state index in [1.807, 2.05) is 47.2 Å². The Morgan fingerprint density at radius 3 is 2.73 bits per heavy atom. The molecule has 0 saturated heterocycles. The summed E-state index contributed by atoms with van der Waals surface area (Å²) >= 11 is 7.55. The molecule has 0 amide bonds. The molecular weight excluding hydrogens is 368 g/mol. The fraction of sp³-hybridized carbons (Fsp3) is 0.211. The lowest BCUT2D eigenvalue weighted by Gasteiger charge is -2.09. The molecule has 0 unspecified atom stereocenters. The second-order valence-electron chi connectivity index (χ2n) is 5.46. The number of hydrogen-bond donors (Lipinski definition) is 0. The predicted octanol–water partition coefficient (Wildman–Crippen LogP) is 4.43. The third-order valence-electron chi connectivity index (χ3n) is 3.60. The Morgan fingerprint density at radius 1 is 1.15 bits per heavy atom. The van der Waals surface area contributed by atoms with E-state index in [1.165, 1.54) is 0 Å². The van der Waals surface area contributed by atoms with E-state index >= 15 is 0 Å². The van der Waals surface area contributed by atoms with E-state index in [2.05, 4.69) is 21.8 Å². The number of pyridine rings is 1. The van der Waals surface area contributed by atoms with Crippen molar-refractivity contribution in [3.05, 3.63) is 77.9 Å². The van der Waals surface area contributed by atoms with Crippen LogP contribution in [0.1, 0.15) is 11.5 Å². The van der Waals surface area contributed by atoms with E-state index in [1.54, 1.807) is 23.9 Å². The monoisotopic (exact) mass is 386 g/mol. The highest BCUT2D eigenvalue weighted by molar-refractivity contribution is 7.99. The minimum atomic E-state index is 0.337. The number of rotatable bonds is 9. The molecule has 3 aromatic rings. The van der Waals surface area contributed by atoms with E-state index in [4.69, 9.17) is 16.3 Å². The number of halogens is 1. The smallest absolute Gasteiger partial charge is 0.191 e. The van der Waals surface area contributed by atoms with Crippen molar-refractivity contribution >= 4 is 23.4 Å². The zero-order chi connectivity index (χ0) is 18.2. The van der Waals surface area contributed by atoms with Crippen LogP contribution < -0.4 is 4.74 Å². The van der Waals surface area contributed by atoms with Crippen LogP contribution in [0.4, 0.5) is 0 Å². The van der Waals surface area contributed by atoms with Gasteiger partial charge in [0.25, 0.3) is 0 Å². The molecule has 0 fully saturated rings. The van der Waals surface area contributed by atoms with Gasteiger partial charge in [-0.1, -0.05) is 35.5 Å². The van der Waals surface area contributed by atoms with Gasteiger partial charge in [-0.15, -0.1) is 16.8 Å². The highest BCUT2D eigenvalue weighted by Crippen LogP contribution is 2.20. The lowest BCUT2D eigenvalue weighted by molar-refractivity contribution is 0.289. The lowest BCUT2D eigenvalue weighted by atomic mass is 10.3. The Balaban J connectivity index is 1.61. The molecule has 5 nitrogen and oxygen atoms in total. The molecule has 3 rings (SSSR count). The largest absolute Gasteiger partial charge is 0.486 e. The van der Waals surface area contributed by atoms with E-state index in [0.29, 0.717) is 18.2 Å². The van der Waals surface area contributed by atoms with Crippen LogP contribution in [0.15, 0.2) is 66.5 Å². The van der Waals surface area contributed by atoms with Crippen molar-refractivity contribution in [2.45, 2.75) is 24.7 Å². The van der Waals surface area contributed by atoms with Crippen molar-refractivity contribution in [2.24, 2.45) is 0 Å². The van der Waals surface area contributed by atoms with Gasteiger partial charge in [0, 0.05) is 29.2 Å². The Kier molecular flexibility index (Phi) is 6.68. The van der Waals surface area contributed by atoms with Gasteiger partial charge in [-0.25, -0.2) is 0 Å². The summed E-state index contributed by atoms with van der Waals surface area (Å²) in [5.41, 5.74) is 1.07. The molecule has 134 valence electrons. The van der Waals surface area contributed by atoms with Crippen LogP contribution in [0.25, 0.3) is 0 Å². The van der Waals surface area contributed by atoms with Crippen LogP contribution in [-0.4, -0.2) is 25.5 Å². The van der Waals surface area contributed by atoms with Gasteiger partial charge in [-0.05, 0) is 42.8 Å². The highest BCUT2D eigenvalue weighted by Gasteiger charge is 2.12.